The number of urea groups is 1. The van der Waals surface area contributed by atoms with Gasteiger partial charge in [-0.05, 0) is 48.6 Å². The van der Waals surface area contributed by atoms with Crippen molar-refractivity contribution >= 4 is 11.7 Å². The molecule has 1 aliphatic rings. The van der Waals surface area contributed by atoms with Gasteiger partial charge < -0.3 is 14.8 Å². The van der Waals surface area contributed by atoms with Crippen LogP contribution in [0.15, 0.2) is 42.5 Å². The van der Waals surface area contributed by atoms with Gasteiger partial charge in [0.05, 0.1) is 14.2 Å². The Morgan fingerprint density at radius 1 is 1.12 bits per heavy atom. The molecule has 3 rings (SSSR count). The van der Waals surface area contributed by atoms with E-state index in [1.165, 1.54) is 5.56 Å². The highest BCUT2D eigenvalue weighted by atomic mass is 16.5. The van der Waals surface area contributed by atoms with Gasteiger partial charge in [0.25, 0.3) is 0 Å². The third-order valence-electron chi connectivity index (χ3n) is 4.49. The van der Waals surface area contributed by atoms with Crippen LogP contribution >= 0.6 is 0 Å². The van der Waals surface area contributed by atoms with Crippen molar-refractivity contribution in [1.29, 1.82) is 0 Å². The minimum atomic E-state index is -0.0346. The first-order valence-electron chi connectivity index (χ1n) is 8.57. The van der Waals surface area contributed by atoms with E-state index >= 15 is 0 Å². The van der Waals surface area contributed by atoms with Gasteiger partial charge in [-0.1, -0.05) is 24.3 Å². The van der Waals surface area contributed by atoms with Gasteiger partial charge in [0.1, 0.15) is 0 Å². The first-order valence-corrected chi connectivity index (χ1v) is 8.57. The highest BCUT2D eigenvalue weighted by Gasteiger charge is 2.21. The molecule has 0 saturated heterocycles. The Kier molecular flexibility index (Phi) is 5.43. The molecular formula is C20H24N2O3. The molecule has 0 saturated carbocycles. The minimum absolute atomic E-state index is 0.0346. The zero-order chi connectivity index (χ0) is 17.6. The van der Waals surface area contributed by atoms with Crippen LogP contribution in [-0.4, -0.2) is 33.3 Å². The second-order valence-corrected chi connectivity index (χ2v) is 6.06. The van der Waals surface area contributed by atoms with Crippen LogP contribution in [-0.2, 0) is 12.8 Å². The van der Waals surface area contributed by atoms with Crippen molar-refractivity contribution in [2.75, 3.05) is 32.2 Å². The fourth-order valence-corrected chi connectivity index (χ4v) is 3.19. The van der Waals surface area contributed by atoms with E-state index in [2.05, 4.69) is 11.4 Å². The molecule has 1 aliphatic heterocycles. The minimum Gasteiger partial charge on any atom is -0.493 e. The number of aryl methyl sites for hydroxylation is 1. The molecule has 1 heterocycles. The van der Waals surface area contributed by atoms with Gasteiger partial charge in [-0.15, -0.1) is 0 Å². The Bertz CT molecular complexity index is 745. The van der Waals surface area contributed by atoms with Gasteiger partial charge in [-0.3, -0.25) is 4.90 Å². The van der Waals surface area contributed by atoms with Crippen molar-refractivity contribution < 1.29 is 14.3 Å². The lowest BCUT2D eigenvalue weighted by atomic mass is 10.0. The second-order valence-electron chi connectivity index (χ2n) is 6.06. The van der Waals surface area contributed by atoms with E-state index in [0.29, 0.717) is 18.0 Å². The normalized spacial score (nSPS) is 13.1. The molecule has 25 heavy (non-hydrogen) atoms. The van der Waals surface area contributed by atoms with Gasteiger partial charge in [-0.2, -0.15) is 0 Å². The number of hydrogen-bond donors (Lipinski definition) is 1. The van der Waals surface area contributed by atoms with E-state index in [1.807, 2.05) is 41.3 Å². The van der Waals surface area contributed by atoms with E-state index in [-0.39, 0.29) is 6.03 Å². The maximum absolute atomic E-state index is 12.5. The molecule has 2 aromatic rings. The maximum Gasteiger partial charge on any atom is 0.321 e. The molecule has 0 fully saturated rings. The Morgan fingerprint density at radius 3 is 2.72 bits per heavy atom. The van der Waals surface area contributed by atoms with Crippen LogP contribution < -0.4 is 19.7 Å². The zero-order valence-electron chi connectivity index (χ0n) is 14.7. The van der Waals surface area contributed by atoms with Crippen LogP contribution in [0.5, 0.6) is 11.5 Å². The Balaban J connectivity index is 1.59. The summed E-state index contributed by atoms with van der Waals surface area (Å²) in [6.07, 6.45) is 2.77. The molecule has 0 aliphatic carbocycles. The lowest BCUT2D eigenvalue weighted by Crippen LogP contribution is -2.43. The average Bonchev–Trinajstić information content (AvgIpc) is 2.67. The first kappa shape index (κ1) is 17.1. The van der Waals surface area contributed by atoms with E-state index in [9.17, 15) is 4.79 Å². The molecule has 132 valence electrons. The predicted molar refractivity (Wildman–Crippen MR) is 98.8 cm³/mol. The zero-order valence-corrected chi connectivity index (χ0v) is 14.7. The summed E-state index contributed by atoms with van der Waals surface area (Å²) in [6.45, 7) is 1.34. The molecule has 0 aromatic heterocycles. The number of amides is 2. The molecular weight excluding hydrogens is 316 g/mol. The quantitative estimate of drug-likeness (QED) is 0.907. The molecule has 0 spiro atoms. The van der Waals surface area contributed by atoms with Crippen LogP contribution in [0.4, 0.5) is 10.5 Å². The van der Waals surface area contributed by atoms with Crippen molar-refractivity contribution in [3.8, 4) is 11.5 Å². The summed E-state index contributed by atoms with van der Waals surface area (Å²) < 4.78 is 10.6. The number of ether oxygens (including phenoxy) is 2. The maximum atomic E-state index is 12.5. The highest BCUT2D eigenvalue weighted by Crippen LogP contribution is 2.28. The number of carbonyl (C=O) groups excluding carboxylic acids is 1. The number of carbonyl (C=O) groups is 1. The van der Waals surface area contributed by atoms with Crippen molar-refractivity contribution in [3.05, 3.63) is 53.6 Å². The van der Waals surface area contributed by atoms with E-state index in [0.717, 1.165) is 37.1 Å². The number of rotatable bonds is 5. The van der Waals surface area contributed by atoms with E-state index < -0.39 is 0 Å². The summed E-state index contributed by atoms with van der Waals surface area (Å²) in [5.74, 6) is 1.41. The number of methoxy groups -OCH3 is 2. The Labute approximate surface area is 148 Å². The van der Waals surface area contributed by atoms with Crippen LogP contribution in [0, 0.1) is 0 Å². The van der Waals surface area contributed by atoms with Crippen LogP contribution in [0.25, 0.3) is 0 Å². The van der Waals surface area contributed by atoms with Crippen molar-refractivity contribution in [2.45, 2.75) is 19.3 Å². The van der Waals surface area contributed by atoms with Gasteiger partial charge >= 0.3 is 6.03 Å². The number of para-hydroxylation sites is 1. The summed E-state index contributed by atoms with van der Waals surface area (Å²) in [7, 11) is 3.24. The molecule has 0 unspecified atom stereocenters. The number of fused-ring (bicyclic) bond motifs is 1. The SMILES string of the molecule is COc1ccc(CCNC(=O)N2CCCc3ccccc32)cc1OC. The predicted octanol–water partition coefficient (Wildman–Crippen LogP) is 3.41. The van der Waals surface area contributed by atoms with Crippen LogP contribution in [0.1, 0.15) is 17.5 Å². The molecule has 2 amide bonds. The fraction of sp³-hybridized carbons (Fsp3) is 0.350. The lowest BCUT2D eigenvalue weighted by Gasteiger charge is -2.29. The van der Waals surface area contributed by atoms with Crippen molar-refractivity contribution in [2.24, 2.45) is 0 Å². The summed E-state index contributed by atoms with van der Waals surface area (Å²) in [4.78, 5) is 14.4. The third-order valence-corrected chi connectivity index (χ3v) is 4.49. The summed E-state index contributed by atoms with van der Waals surface area (Å²) in [6, 6.07) is 13.9. The largest absolute Gasteiger partial charge is 0.493 e. The van der Waals surface area contributed by atoms with E-state index in [4.69, 9.17) is 9.47 Å². The molecule has 0 bridgehead atoms. The van der Waals surface area contributed by atoms with Crippen molar-refractivity contribution in [3.63, 3.8) is 0 Å². The highest BCUT2D eigenvalue weighted by molar-refractivity contribution is 5.93. The summed E-state index contributed by atoms with van der Waals surface area (Å²) in [5, 5.41) is 3.02. The summed E-state index contributed by atoms with van der Waals surface area (Å²) in [5.41, 5.74) is 3.36. The molecule has 5 nitrogen and oxygen atoms in total. The molecule has 1 N–H and O–H groups in total. The molecule has 0 radical (unpaired) electrons. The van der Waals surface area contributed by atoms with Gasteiger partial charge in [-0.25, -0.2) is 4.79 Å². The van der Waals surface area contributed by atoms with Gasteiger partial charge in [0.15, 0.2) is 11.5 Å². The first-order chi connectivity index (χ1) is 12.2. The average molecular weight is 340 g/mol. The smallest absolute Gasteiger partial charge is 0.321 e. The number of hydrogen-bond acceptors (Lipinski definition) is 3. The molecule has 0 atom stereocenters. The number of nitrogens with zero attached hydrogens (tertiary/aromatic N) is 1. The molecule has 2 aromatic carbocycles. The number of nitrogens with one attached hydrogen (secondary N) is 1. The second kappa shape index (κ2) is 7.92. The topological polar surface area (TPSA) is 50.8 Å². The Morgan fingerprint density at radius 2 is 1.92 bits per heavy atom. The fourth-order valence-electron chi connectivity index (χ4n) is 3.19. The monoisotopic (exact) mass is 340 g/mol. The Hall–Kier alpha value is -2.69. The summed E-state index contributed by atoms with van der Waals surface area (Å²) >= 11 is 0. The van der Waals surface area contributed by atoms with Gasteiger partial charge in [0.2, 0.25) is 0 Å². The lowest BCUT2D eigenvalue weighted by molar-refractivity contribution is 0.246. The van der Waals surface area contributed by atoms with E-state index in [1.54, 1.807) is 14.2 Å². The van der Waals surface area contributed by atoms with Crippen LogP contribution in [0.3, 0.4) is 0 Å². The number of benzene rings is 2. The molecule has 5 heteroatoms. The van der Waals surface area contributed by atoms with Gasteiger partial charge in [0, 0.05) is 18.8 Å². The third kappa shape index (κ3) is 3.87. The van der Waals surface area contributed by atoms with Crippen LogP contribution in [0.2, 0.25) is 0 Å². The number of anilines is 1. The van der Waals surface area contributed by atoms with Crippen molar-refractivity contribution in [1.82, 2.24) is 5.32 Å². The standard InChI is InChI=1S/C20H24N2O3/c1-24-18-10-9-15(14-19(18)25-2)11-12-21-20(23)22-13-5-7-16-6-3-4-8-17(16)22/h3-4,6,8-10,14H,5,7,11-13H2,1-2H3,(H,21,23).